The molecule has 0 radical (unpaired) electrons. The Morgan fingerprint density at radius 1 is 0.684 bits per heavy atom. The van der Waals surface area contributed by atoms with Crippen molar-refractivity contribution in [3.63, 3.8) is 0 Å². The molecule has 2 bridgehead atoms. The predicted octanol–water partition coefficient (Wildman–Crippen LogP) is 5.34. The van der Waals surface area contributed by atoms with Gasteiger partial charge >= 0.3 is 0 Å². The van der Waals surface area contributed by atoms with E-state index < -0.39 is 11.8 Å². The maximum absolute atomic E-state index is 13.9. The molecule has 6 nitrogen and oxygen atoms in total. The molecule has 1 saturated heterocycles. The molecule has 0 saturated carbocycles. The van der Waals surface area contributed by atoms with Gasteiger partial charge in [0.1, 0.15) is 5.75 Å². The van der Waals surface area contributed by atoms with Crippen molar-refractivity contribution in [2.24, 2.45) is 11.8 Å². The lowest BCUT2D eigenvalue weighted by Crippen LogP contribution is -2.41. The van der Waals surface area contributed by atoms with Gasteiger partial charge in [-0.2, -0.15) is 0 Å². The fourth-order valence-corrected chi connectivity index (χ4v) is 6.57. The van der Waals surface area contributed by atoms with Crippen LogP contribution in [-0.2, 0) is 9.59 Å². The zero-order chi connectivity index (χ0) is 26.0. The van der Waals surface area contributed by atoms with Gasteiger partial charge in [0, 0.05) is 23.1 Å². The van der Waals surface area contributed by atoms with Gasteiger partial charge in [0.05, 0.1) is 24.6 Å². The Bertz CT molecular complexity index is 1490. The van der Waals surface area contributed by atoms with Crippen LogP contribution in [0.2, 0.25) is 0 Å². The Hall–Kier alpha value is -4.71. The smallest absolute Gasteiger partial charge is 0.255 e. The summed E-state index contributed by atoms with van der Waals surface area (Å²) in [7, 11) is 1.59. The van der Waals surface area contributed by atoms with Crippen LogP contribution in [0.5, 0.6) is 5.75 Å². The molecule has 3 amide bonds. The first kappa shape index (κ1) is 22.5. The minimum absolute atomic E-state index is 0.145. The van der Waals surface area contributed by atoms with Crippen LogP contribution in [0.15, 0.2) is 97.1 Å². The molecule has 0 aromatic heterocycles. The van der Waals surface area contributed by atoms with Crippen molar-refractivity contribution in [1.29, 1.82) is 0 Å². The van der Waals surface area contributed by atoms with E-state index >= 15 is 0 Å². The van der Waals surface area contributed by atoms with E-state index in [-0.39, 0.29) is 29.6 Å². The topological polar surface area (TPSA) is 75.7 Å². The lowest BCUT2D eigenvalue weighted by Gasteiger charge is -2.45. The van der Waals surface area contributed by atoms with Crippen molar-refractivity contribution in [2.75, 3.05) is 17.3 Å². The largest absolute Gasteiger partial charge is 0.497 e. The number of imide groups is 1. The number of carbonyl (C=O) groups excluding carboxylic acids is 3. The number of nitrogens with zero attached hydrogens (tertiary/aromatic N) is 1. The number of benzene rings is 4. The van der Waals surface area contributed by atoms with E-state index in [2.05, 4.69) is 29.6 Å². The van der Waals surface area contributed by atoms with E-state index in [0.717, 1.165) is 22.3 Å². The van der Waals surface area contributed by atoms with Crippen LogP contribution in [0.25, 0.3) is 0 Å². The Labute approximate surface area is 219 Å². The van der Waals surface area contributed by atoms with Gasteiger partial charge in [0.2, 0.25) is 11.8 Å². The zero-order valence-corrected chi connectivity index (χ0v) is 20.6. The van der Waals surface area contributed by atoms with Crippen LogP contribution >= 0.6 is 0 Å². The van der Waals surface area contributed by atoms with Crippen LogP contribution in [-0.4, -0.2) is 24.8 Å². The number of ether oxygens (including phenoxy) is 1. The highest BCUT2D eigenvalue weighted by atomic mass is 16.5. The molecule has 6 heteroatoms. The number of rotatable bonds is 4. The lowest BCUT2D eigenvalue weighted by molar-refractivity contribution is -0.122. The third-order valence-electron chi connectivity index (χ3n) is 8.18. The third kappa shape index (κ3) is 3.16. The van der Waals surface area contributed by atoms with Crippen molar-refractivity contribution < 1.29 is 19.1 Å². The monoisotopic (exact) mass is 500 g/mol. The quantitative estimate of drug-likeness (QED) is 0.384. The first-order chi connectivity index (χ1) is 18.6. The number of methoxy groups -OCH3 is 1. The van der Waals surface area contributed by atoms with Crippen molar-refractivity contribution in [2.45, 2.75) is 11.8 Å². The highest BCUT2D eigenvalue weighted by Crippen LogP contribution is 2.61. The van der Waals surface area contributed by atoms with Gasteiger partial charge in [0.15, 0.2) is 0 Å². The first-order valence-electron chi connectivity index (χ1n) is 12.7. The van der Waals surface area contributed by atoms with Gasteiger partial charge in [-0.1, -0.05) is 48.5 Å². The summed E-state index contributed by atoms with van der Waals surface area (Å²) in [5.41, 5.74) is 6.14. The summed E-state index contributed by atoms with van der Waals surface area (Å²) in [5.74, 6) is -1.08. The molecule has 1 N–H and O–H groups in total. The van der Waals surface area contributed by atoms with Crippen LogP contribution in [0.1, 0.15) is 44.4 Å². The fraction of sp³-hybridized carbons (Fsp3) is 0.156. The second kappa shape index (κ2) is 8.42. The van der Waals surface area contributed by atoms with Crippen molar-refractivity contribution in [3.8, 4) is 5.75 Å². The molecule has 0 unspecified atom stereocenters. The lowest BCUT2D eigenvalue weighted by atomic mass is 9.55. The molecular weight excluding hydrogens is 476 g/mol. The Kier molecular flexibility index (Phi) is 4.98. The number of carbonyl (C=O) groups is 3. The number of amides is 3. The summed E-state index contributed by atoms with van der Waals surface area (Å²) >= 11 is 0. The van der Waals surface area contributed by atoms with Gasteiger partial charge in [-0.15, -0.1) is 0 Å². The Morgan fingerprint density at radius 3 is 1.61 bits per heavy atom. The molecule has 8 rings (SSSR count). The highest BCUT2D eigenvalue weighted by Gasteiger charge is 2.61. The number of nitrogens with one attached hydrogen (secondary N) is 1. The molecule has 4 aromatic carbocycles. The van der Waals surface area contributed by atoms with Crippen LogP contribution < -0.4 is 15.0 Å². The maximum atomic E-state index is 13.9. The highest BCUT2D eigenvalue weighted by molar-refractivity contribution is 6.23. The molecule has 0 spiro atoms. The van der Waals surface area contributed by atoms with Crippen molar-refractivity contribution >= 4 is 29.1 Å². The average molecular weight is 501 g/mol. The molecule has 3 aliphatic carbocycles. The molecular formula is C32H24N2O4. The summed E-state index contributed by atoms with van der Waals surface area (Å²) in [6.07, 6.45) is 0. The Balaban J connectivity index is 1.19. The summed E-state index contributed by atoms with van der Waals surface area (Å²) in [6.45, 7) is 0. The van der Waals surface area contributed by atoms with E-state index in [1.807, 2.05) is 24.3 Å². The molecule has 1 aliphatic heterocycles. The van der Waals surface area contributed by atoms with Crippen molar-refractivity contribution in [1.82, 2.24) is 0 Å². The van der Waals surface area contributed by atoms with Crippen molar-refractivity contribution in [3.05, 3.63) is 125 Å². The minimum Gasteiger partial charge on any atom is -0.497 e. The van der Waals surface area contributed by atoms with E-state index in [1.54, 1.807) is 55.6 Å². The first-order valence-corrected chi connectivity index (χ1v) is 12.7. The second-order valence-corrected chi connectivity index (χ2v) is 10.0. The zero-order valence-electron chi connectivity index (χ0n) is 20.6. The summed E-state index contributed by atoms with van der Waals surface area (Å²) in [6, 6.07) is 30.1. The molecule has 186 valence electrons. The normalized spacial score (nSPS) is 22.5. The molecule has 2 atom stereocenters. The Morgan fingerprint density at radius 2 is 1.16 bits per heavy atom. The van der Waals surface area contributed by atoms with Gasteiger partial charge in [-0.25, -0.2) is 4.90 Å². The van der Waals surface area contributed by atoms with Crippen LogP contribution in [0.3, 0.4) is 0 Å². The summed E-state index contributed by atoms with van der Waals surface area (Å²) < 4.78 is 5.15. The molecule has 4 aromatic rings. The van der Waals surface area contributed by atoms with Gasteiger partial charge in [-0.3, -0.25) is 14.4 Å². The maximum Gasteiger partial charge on any atom is 0.255 e. The number of hydrogen-bond donors (Lipinski definition) is 1. The summed E-state index contributed by atoms with van der Waals surface area (Å²) in [5, 5.41) is 2.85. The molecule has 4 aliphatic rings. The van der Waals surface area contributed by atoms with E-state index in [4.69, 9.17) is 4.74 Å². The third-order valence-corrected chi connectivity index (χ3v) is 8.18. The standard InChI is InChI=1S/C32H24N2O4/c1-38-21-16-12-19(13-17-21)33-30(35)18-10-14-20(15-11-18)34-31(36)28-26-22-6-2-3-7-23(22)27(29(28)32(34)37)25-9-5-4-8-24(25)26/h2-17,26-29H,1H3,(H,33,35)/t26?,27?,28-,29+. The number of hydrogen-bond acceptors (Lipinski definition) is 4. The van der Waals surface area contributed by atoms with Gasteiger partial charge < -0.3 is 10.1 Å². The molecule has 1 fully saturated rings. The van der Waals surface area contributed by atoms with Gasteiger partial charge in [-0.05, 0) is 70.8 Å². The molecule has 1 heterocycles. The average Bonchev–Trinajstić information content (AvgIpc) is 3.23. The number of anilines is 2. The summed E-state index contributed by atoms with van der Waals surface area (Å²) in [4.78, 5) is 41.9. The van der Waals surface area contributed by atoms with Crippen LogP contribution in [0, 0.1) is 11.8 Å². The second-order valence-electron chi connectivity index (χ2n) is 10.0. The SMILES string of the molecule is COc1ccc(NC(=O)c2ccc(N3C(=O)[C@@H]4C5c6ccccc6C(c6ccccc65)[C@@H]4C3=O)cc2)cc1. The van der Waals surface area contributed by atoms with E-state index in [9.17, 15) is 14.4 Å². The minimum atomic E-state index is -0.435. The van der Waals surface area contributed by atoms with Crippen LogP contribution in [0.4, 0.5) is 11.4 Å². The fourth-order valence-electron chi connectivity index (χ4n) is 6.57. The van der Waals surface area contributed by atoms with E-state index in [0.29, 0.717) is 22.7 Å². The molecule has 38 heavy (non-hydrogen) atoms. The van der Waals surface area contributed by atoms with Gasteiger partial charge in [0.25, 0.3) is 5.91 Å². The van der Waals surface area contributed by atoms with E-state index in [1.165, 1.54) is 4.90 Å². The predicted molar refractivity (Wildman–Crippen MR) is 143 cm³/mol.